The number of nitrogens with zero attached hydrogens (tertiary/aromatic N) is 5. The normalized spacial score (nSPS) is 15.6. The molecule has 1 aliphatic heterocycles. The molecule has 3 heterocycles. The van der Waals surface area contributed by atoms with E-state index in [1.807, 2.05) is 0 Å². The van der Waals surface area contributed by atoms with Gasteiger partial charge in [0, 0.05) is 54.2 Å². The fourth-order valence-electron chi connectivity index (χ4n) is 6.12. The quantitative estimate of drug-likeness (QED) is 0.244. The molecule has 0 bridgehead atoms. The number of fused-ring (bicyclic) bond motifs is 2. The van der Waals surface area contributed by atoms with Gasteiger partial charge in [0.05, 0.1) is 30.7 Å². The summed E-state index contributed by atoms with van der Waals surface area (Å²) in [5.41, 5.74) is 4.90. The SMILES string of the molecule is CCc1cccc2cccc(N3CCc4c(nc(OCC5(CN(C)C)CC5)nc4NCCc4ncc(F)cc4F)C3)c12. The molecule has 1 fully saturated rings. The molecule has 9 heteroatoms. The van der Waals surface area contributed by atoms with E-state index in [0.29, 0.717) is 37.9 Å². The molecular weight excluding hydrogens is 534 g/mol. The summed E-state index contributed by atoms with van der Waals surface area (Å²) in [6.07, 6.45) is 5.33. The Morgan fingerprint density at radius 3 is 2.64 bits per heavy atom. The van der Waals surface area contributed by atoms with E-state index in [0.717, 1.165) is 62.3 Å². The first-order valence-corrected chi connectivity index (χ1v) is 14.8. The van der Waals surface area contributed by atoms with Crippen molar-refractivity contribution >= 4 is 22.3 Å². The van der Waals surface area contributed by atoms with Gasteiger partial charge >= 0.3 is 6.01 Å². The van der Waals surface area contributed by atoms with E-state index in [-0.39, 0.29) is 11.1 Å². The summed E-state index contributed by atoms with van der Waals surface area (Å²) >= 11 is 0. The first-order valence-electron chi connectivity index (χ1n) is 14.8. The highest BCUT2D eigenvalue weighted by molar-refractivity contribution is 5.97. The minimum absolute atomic E-state index is 0.147. The molecule has 2 aromatic carbocycles. The first kappa shape index (κ1) is 28.3. The number of aromatic nitrogens is 3. The lowest BCUT2D eigenvalue weighted by Crippen LogP contribution is -2.33. The van der Waals surface area contributed by atoms with Crippen LogP contribution in [-0.2, 0) is 25.8 Å². The monoisotopic (exact) mass is 572 g/mol. The average molecular weight is 573 g/mol. The molecule has 2 aromatic heterocycles. The summed E-state index contributed by atoms with van der Waals surface area (Å²) in [6.45, 7) is 5.59. The molecule has 2 aliphatic rings. The number of nitrogens with one attached hydrogen (secondary N) is 1. The van der Waals surface area contributed by atoms with Crippen molar-refractivity contribution in [1.29, 1.82) is 0 Å². The predicted octanol–water partition coefficient (Wildman–Crippen LogP) is 5.80. The predicted molar refractivity (Wildman–Crippen MR) is 162 cm³/mol. The van der Waals surface area contributed by atoms with Crippen LogP contribution >= 0.6 is 0 Å². The maximum atomic E-state index is 14.2. The van der Waals surface area contributed by atoms with Crippen LogP contribution in [0.5, 0.6) is 6.01 Å². The highest BCUT2D eigenvalue weighted by Crippen LogP contribution is 2.46. The topological polar surface area (TPSA) is 66.4 Å². The van der Waals surface area contributed by atoms with Crippen molar-refractivity contribution < 1.29 is 13.5 Å². The maximum Gasteiger partial charge on any atom is 0.318 e. The van der Waals surface area contributed by atoms with Gasteiger partial charge in [0.1, 0.15) is 17.5 Å². The fourth-order valence-corrected chi connectivity index (χ4v) is 6.12. The minimum Gasteiger partial charge on any atom is -0.463 e. The van der Waals surface area contributed by atoms with Crippen LogP contribution in [0.2, 0.25) is 0 Å². The third kappa shape index (κ3) is 6.02. The number of halogens is 2. The summed E-state index contributed by atoms with van der Waals surface area (Å²) in [4.78, 5) is 18.2. The van der Waals surface area contributed by atoms with Gasteiger partial charge in [0.15, 0.2) is 0 Å². The molecule has 42 heavy (non-hydrogen) atoms. The van der Waals surface area contributed by atoms with Crippen molar-refractivity contribution in [3.63, 3.8) is 0 Å². The Bertz CT molecular complexity index is 1580. The smallest absolute Gasteiger partial charge is 0.318 e. The first-order chi connectivity index (χ1) is 20.3. The van der Waals surface area contributed by atoms with Crippen molar-refractivity contribution in [3.8, 4) is 6.01 Å². The minimum atomic E-state index is -0.680. The zero-order valence-electron chi connectivity index (χ0n) is 24.6. The van der Waals surface area contributed by atoms with Crippen molar-refractivity contribution in [2.45, 2.75) is 45.6 Å². The number of rotatable bonds is 11. The molecule has 1 saturated carbocycles. The van der Waals surface area contributed by atoms with E-state index in [1.54, 1.807) is 0 Å². The Hall–Kier alpha value is -3.85. The maximum absolute atomic E-state index is 14.2. The van der Waals surface area contributed by atoms with Gasteiger partial charge < -0.3 is 19.9 Å². The molecule has 0 saturated heterocycles. The van der Waals surface area contributed by atoms with Crippen molar-refractivity contribution in [2.75, 3.05) is 50.6 Å². The number of hydrogen-bond acceptors (Lipinski definition) is 7. The van der Waals surface area contributed by atoms with E-state index in [1.165, 1.54) is 22.0 Å². The van der Waals surface area contributed by atoms with Crippen LogP contribution in [0.3, 0.4) is 0 Å². The summed E-state index contributed by atoms with van der Waals surface area (Å²) in [5, 5.41) is 5.93. The lowest BCUT2D eigenvalue weighted by atomic mass is 9.98. The summed E-state index contributed by atoms with van der Waals surface area (Å²) < 4.78 is 33.8. The lowest BCUT2D eigenvalue weighted by Gasteiger charge is -2.32. The van der Waals surface area contributed by atoms with Crippen LogP contribution < -0.4 is 15.0 Å². The molecule has 0 unspecified atom stereocenters. The largest absolute Gasteiger partial charge is 0.463 e. The molecule has 1 N–H and O–H groups in total. The molecule has 220 valence electrons. The van der Waals surface area contributed by atoms with Crippen LogP contribution in [0.1, 0.15) is 42.3 Å². The molecule has 6 rings (SSSR count). The van der Waals surface area contributed by atoms with Crippen LogP contribution in [0.4, 0.5) is 20.3 Å². The Kier molecular flexibility index (Phi) is 7.94. The van der Waals surface area contributed by atoms with E-state index in [4.69, 9.17) is 14.7 Å². The molecule has 0 atom stereocenters. The molecule has 4 aromatic rings. The number of hydrogen-bond donors (Lipinski definition) is 1. The van der Waals surface area contributed by atoms with Gasteiger partial charge in [0.2, 0.25) is 0 Å². The Labute approximate surface area is 245 Å². The Morgan fingerprint density at radius 2 is 1.90 bits per heavy atom. The van der Waals surface area contributed by atoms with E-state index in [2.05, 4.69) is 77.5 Å². The standard InChI is InChI=1S/C33H38F2N6O/c1-4-22-7-5-8-23-9-6-10-29(30(22)23)41-16-12-25-28(19-41)38-32(42-21-33(13-14-33)20-40(2)3)39-31(25)36-15-11-27-26(35)17-24(34)18-37-27/h5-10,17-18H,4,11-16,19-21H2,1-3H3,(H,36,38,39). The van der Waals surface area contributed by atoms with Crippen LogP contribution in [-0.4, -0.2) is 60.2 Å². The summed E-state index contributed by atoms with van der Waals surface area (Å²) in [6, 6.07) is 14.2. The van der Waals surface area contributed by atoms with Crippen LogP contribution in [0.25, 0.3) is 10.8 Å². The van der Waals surface area contributed by atoms with Gasteiger partial charge in [-0.3, -0.25) is 4.98 Å². The third-order valence-corrected chi connectivity index (χ3v) is 8.39. The third-order valence-electron chi connectivity index (χ3n) is 8.39. The van der Waals surface area contributed by atoms with Gasteiger partial charge in [0.25, 0.3) is 0 Å². The van der Waals surface area contributed by atoms with Gasteiger partial charge in [-0.1, -0.05) is 37.3 Å². The van der Waals surface area contributed by atoms with Gasteiger partial charge in [-0.15, -0.1) is 0 Å². The Morgan fingerprint density at radius 1 is 1.10 bits per heavy atom. The van der Waals surface area contributed by atoms with E-state index >= 15 is 0 Å². The molecule has 0 spiro atoms. The van der Waals surface area contributed by atoms with Crippen LogP contribution in [0.15, 0.2) is 48.7 Å². The zero-order chi connectivity index (χ0) is 29.3. The van der Waals surface area contributed by atoms with Crippen LogP contribution in [0, 0.1) is 17.0 Å². The summed E-state index contributed by atoms with van der Waals surface area (Å²) in [7, 11) is 4.17. The van der Waals surface area contributed by atoms with Crippen molar-refractivity contribution in [3.05, 3.63) is 82.8 Å². The van der Waals surface area contributed by atoms with Crippen molar-refractivity contribution in [2.24, 2.45) is 5.41 Å². The lowest BCUT2D eigenvalue weighted by molar-refractivity contribution is 0.182. The Balaban J connectivity index is 1.28. The molecular formula is C33H38F2N6O. The molecule has 7 nitrogen and oxygen atoms in total. The van der Waals surface area contributed by atoms with Gasteiger partial charge in [-0.05, 0) is 56.8 Å². The number of anilines is 2. The summed E-state index contributed by atoms with van der Waals surface area (Å²) in [5.74, 6) is -0.611. The fraction of sp³-hybridized carbons (Fsp3) is 0.424. The second-order valence-electron chi connectivity index (χ2n) is 11.9. The van der Waals surface area contributed by atoms with Gasteiger partial charge in [-0.25, -0.2) is 8.78 Å². The molecule has 1 aliphatic carbocycles. The molecule has 0 amide bonds. The highest BCUT2D eigenvalue weighted by Gasteiger charge is 2.44. The number of aryl methyl sites for hydroxylation is 1. The second kappa shape index (κ2) is 11.8. The van der Waals surface area contributed by atoms with E-state index < -0.39 is 11.6 Å². The van der Waals surface area contributed by atoms with Crippen molar-refractivity contribution in [1.82, 2.24) is 19.9 Å². The number of pyridine rings is 1. The van der Waals surface area contributed by atoms with Gasteiger partial charge in [-0.2, -0.15) is 9.97 Å². The highest BCUT2D eigenvalue weighted by atomic mass is 19.1. The average Bonchev–Trinajstić information content (AvgIpc) is 3.74. The number of ether oxygens (including phenoxy) is 1. The van der Waals surface area contributed by atoms with E-state index in [9.17, 15) is 8.78 Å². The molecule has 0 radical (unpaired) electrons. The second-order valence-corrected chi connectivity index (χ2v) is 11.9. The number of benzene rings is 2. The zero-order valence-corrected chi connectivity index (χ0v) is 24.6.